The first kappa shape index (κ1) is 12.7. The molecule has 0 aliphatic heterocycles. The Morgan fingerprint density at radius 1 is 1.38 bits per heavy atom. The summed E-state index contributed by atoms with van der Waals surface area (Å²) in [7, 11) is 1.88. The quantitative estimate of drug-likeness (QED) is 0.692. The van der Waals surface area contributed by atoms with Gasteiger partial charge in [0.25, 0.3) is 0 Å². The molecule has 0 amide bonds. The maximum atomic E-state index is 11.1. The Kier molecular flexibility index (Phi) is 5.57. The van der Waals surface area contributed by atoms with Crippen molar-refractivity contribution in [2.75, 3.05) is 13.6 Å². The van der Waals surface area contributed by atoms with Crippen molar-refractivity contribution in [3.05, 3.63) is 35.9 Å². The number of hydrogen-bond donors (Lipinski definition) is 2. The number of rotatable bonds is 7. The van der Waals surface area contributed by atoms with Crippen molar-refractivity contribution in [2.45, 2.75) is 19.3 Å². The molecule has 3 nitrogen and oxygen atoms in total. The van der Waals surface area contributed by atoms with E-state index in [4.69, 9.17) is 5.11 Å². The van der Waals surface area contributed by atoms with Crippen molar-refractivity contribution < 1.29 is 9.90 Å². The van der Waals surface area contributed by atoms with Crippen molar-refractivity contribution >= 4 is 5.97 Å². The standard InChI is InChI=1S/C13H19NO2/c1-14-9-5-8-12(13(15)16)10-11-6-3-2-4-7-11/h2-4,6-7,12,14H,5,8-10H2,1H3,(H,15,16). The van der Waals surface area contributed by atoms with E-state index in [1.165, 1.54) is 0 Å². The van der Waals surface area contributed by atoms with E-state index in [9.17, 15) is 4.79 Å². The van der Waals surface area contributed by atoms with Crippen LogP contribution >= 0.6 is 0 Å². The van der Waals surface area contributed by atoms with Crippen molar-refractivity contribution in [3.63, 3.8) is 0 Å². The van der Waals surface area contributed by atoms with E-state index in [1.807, 2.05) is 37.4 Å². The molecular formula is C13H19NO2. The highest BCUT2D eigenvalue weighted by molar-refractivity contribution is 5.70. The summed E-state index contributed by atoms with van der Waals surface area (Å²) in [4.78, 5) is 11.1. The molecule has 0 heterocycles. The molecule has 0 saturated heterocycles. The van der Waals surface area contributed by atoms with Gasteiger partial charge in [-0.2, -0.15) is 0 Å². The zero-order valence-electron chi connectivity index (χ0n) is 9.65. The lowest BCUT2D eigenvalue weighted by Crippen LogP contribution is -2.18. The lowest BCUT2D eigenvalue weighted by Gasteiger charge is -2.12. The normalized spacial score (nSPS) is 12.3. The minimum Gasteiger partial charge on any atom is -0.481 e. The molecule has 1 unspecified atom stereocenters. The van der Waals surface area contributed by atoms with Gasteiger partial charge in [0.05, 0.1) is 5.92 Å². The lowest BCUT2D eigenvalue weighted by molar-refractivity contribution is -0.141. The monoisotopic (exact) mass is 221 g/mol. The Hall–Kier alpha value is -1.35. The Balaban J connectivity index is 2.48. The van der Waals surface area contributed by atoms with Gasteiger partial charge in [0.15, 0.2) is 0 Å². The van der Waals surface area contributed by atoms with E-state index < -0.39 is 5.97 Å². The van der Waals surface area contributed by atoms with Crippen LogP contribution in [0.15, 0.2) is 30.3 Å². The van der Waals surface area contributed by atoms with Crippen LogP contribution in [-0.4, -0.2) is 24.7 Å². The highest BCUT2D eigenvalue weighted by Gasteiger charge is 2.16. The summed E-state index contributed by atoms with van der Waals surface area (Å²) < 4.78 is 0. The maximum absolute atomic E-state index is 11.1. The second-order valence-electron chi connectivity index (χ2n) is 3.97. The third kappa shape index (κ3) is 4.45. The molecule has 1 rings (SSSR count). The molecule has 0 bridgehead atoms. The van der Waals surface area contributed by atoms with Gasteiger partial charge in [0.2, 0.25) is 0 Å². The number of carboxylic acids is 1. The summed E-state index contributed by atoms with van der Waals surface area (Å²) >= 11 is 0. The molecule has 0 fully saturated rings. The molecule has 1 atom stereocenters. The topological polar surface area (TPSA) is 49.3 Å². The molecule has 0 radical (unpaired) electrons. The van der Waals surface area contributed by atoms with Gasteiger partial charge < -0.3 is 10.4 Å². The molecule has 0 saturated carbocycles. The van der Waals surface area contributed by atoms with Crippen LogP contribution in [0, 0.1) is 5.92 Å². The first-order chi connectivity index (χ1) is 7.74. The fraction of sp³-hybridized carbons (Fsp3) is 0.462. The fourth-order valence-electron chi connectivity index (χ4n) is 1.74. The average molecular weight is 221 g/mol. The third-order valence-electron chi connectivity index (χ3n) is 2.65. The number of aliphatic carboxylic acids is 1. The Morgan fingerprint density at radius 2 is 2.06 bits per heavy atom. The first-order valence-corrected chi connectivity index (χ1v) is 5.65. The molecule has 2 N–H and O–H groups in total. The van der Waals surface area contributed by atoms with E-state index in [0.29, 0.717) is 6.42 Å². The highest BCUT2D eigenvalue weighted by atomic mass is 16.4. The molecule has 0 spiro atoms. The number of carbonyl (C=O) groups is 1. The maximum Gasteiger partial charge on any atom is 0.306 e. The molecule has 1 aromatic rings. The summed E-state index contributed by atoms with van der Waals surface area (Å²) in [6, 6.07) is 9.80. The molecule has 16 heavy (non-hydrogen) atoms. The van der Waals surface area contributed by atoms with Crippen LogP contribution in [0.5, 0.6) is 0 Å². The van der Waals surface area contributed by atoms with Crippen LogP contribution in [-0.2, 0) is 11.2 Å². The smallest absolute Gasteiger partial charge is 0.306 e. The number of benzene rings is 1. The predicted octanol–water partition coefficient (Wildman–Crippen LogP) is 1.93. The van der Waals surface area contributed by atoms with Crippen LogP contribution in [0.4, 0.5) is 0 Å². The molecule has 0 aliphatic carbocycles. The molecule has 0 aromatic heterocycles. The summed E-state index contributed by atoms with van der Waals surface area (Å²) in [6.07, 6.45) is 2.26. The zero-order chi connectivity index (χ0) is 11.8. The molecule has 1 aromatic carbocycles. The van der Waals surface area contributed by atoms with Crippen LogP contribution in [0.1, 0.15) is 18.4 Å². The SMILES string of the molecule is CNCCCC(Cc1ccccc1)C(=O)O. The highest BCUT2D eigenvalue weighted by Crippen LogP contribution is 2.14. The molecular weight excluding hydrogens is 202 g/mol. The Bertz CT molecular complexity index is 311. The van der Waals surface area contributed by atoms with Gasteiger partial charge in [-0.3, -0.25) is 4.79 Å². The van der Waals surface area contributed by atoms with Crippen LogP contribution < -0.4 is 5.32 Å². The van der Waals surface area contributed by atoms with Gasteiger partial charge in [0, 0.05) is 0 Å². The first-order valence-electron chi connectivity index (χ1n) is 5.65. The van der Waals surface area contributed by atoms with Gasteiger partial charge in [-0.25, -0.2) is 0 Å². The predicted molar refractivity (Wildman–Crippen MR) is 64.4 cm³/mol. The minimum absolute atomic E-state index is 0.268. The molecule has 88 valence electrons. The van der Waals surface area contributed by atoms with Crippen molar-refractivity contribution in [1.29, 1.82) is 0 Å². The van der Waals surface area contributed by atoms with Gasteiger partial charge in [0.1, 0.15) is 0 Å². The third-order valence-corrected chi connectivity index (χ3v) is 2.65. The summed E-state index contributed by atoms with van der Waals surface area (Å²) in [5.41, 5.74) is 1.10. The van der Waals surface area contributed by atoms with Gasteiger partial charge >= 0.3 is 5.97 Å². The Morgan fingerprint density at radius 3 is 2.62 bits per heavy atom. The lowest BCUT2D eigenvalue weighted by atomic mass is 9.95. The number of carboxylic acid groups (broad SMARTS) is 1. The van der Waals surface area contributed by atoms with E-state index in [-0.39, 0.29) is 5.92 Å². The second kappa shape index (κ2) is 7.01. The zero-order valence-corrected chi connectivity index (χ0v) is 9.65. The van der Waals surface area contributed by atoms with Crippen LogP contribution in [0.25, 0.3) is 0 Å². The number of hydrogen-bond acceptors (Lipinski definition) is 2. The van der Waals surface area contributed by atoms with Crippen LogP contribution in [0.3, 0.4) is 0 Å². The fourth-order valence-corrected chi connectivity index (χ4v) is 1.74. The Labute approximate surface area is 96.5 Å². The molecule has 3 heteroatoms. The second-order valence-corrected chi connectivity index (χ2v) is 3.97. The minimum atomic E-state index is -0.694. The summed E-state index contributed by atoms with van der Waals surface area (Å²) in [5.74, 6) is -0.962. The van der Waals surface area contributed by atoms with E-state index in [1.54, 1.807) is 0 Å². The van der Waals surface area contributed by atoms with Crippen molar-refractivity contribution in [3.8, 4) is 0 Å². The summed E-state index contributed by atoms with van der Waals surface area (Å²) in [5, 5.41) is 12.1. The largest absolute Gasteiger partial charge is 0.481 e. The average Bonchev–Trinajstić information content (AvgIpc) is 2.29. The summed E-state index contributed by atoms with van der Waals surface area (Å²) in [6.45, 7) is 0.874. The van der Waals surface area contributed by atoms with Gasteiger partial charge in [-0.1, -0.05) is 30.3 Å². The van der Waals surface area contributed by atoms with Gasteiger partial charge in [-0.15, -0.1) is 0 Å². The van der Waals surface area contributed by atoms with E-state index in [2.05, 4.69) is 5.32 Å². The number of nitrogens with one attached hydrogen (secondary N) is 1. The van der Waals surface area contributed by atoms with Crippen molar-refractivity contribution in [2.24, 2.45) is 5.92 Å². The van der Waals surface area contributed by atoms with Gasteiger partial charge in [-0.05, 0) is 38.4 Å². The van der Waals surface area contributed by atoms with Crippen molar-refractivity contribution in [1.82, 2.24) is 5.32 Å². The van der Waals surface area contributed by atoms with Crippen LogP contribution in [0.2, 0.25) is 0 Å². The molecule has 0 aliphatic rings. The van der Waals surface area contributed by atoms with E-state index in [0.717, 1.165) is 24.9 Å². The van der Waals surface area contributed by atoms with E-state index >= 15 is 0 Å².